The number of hydrogen-bond donors (Lipinski definition) is 1. The van der Waals surface area contributed by atoms with Gasteiger partial charge in [0, 0.05) is 28.6 Å². The van der Waals surface area contributed by atoms with Gasteiger partial charge in [-0.05, 0) is 42.7 Å². The highest BCUT2D eigenvalue weighted by Gasteiger charge is 2.47. The lowest BCUT2D eigenvalue weighted by molar-refractivity contribution is -0.151. The van der Waals surface area contributed by atoms with Gasteiger partial charge < -0.3 is 14.8 Å². The van der Waals surface area contributed by atoms with Crippen LogP contribution in [0.25, 0.3) is 0 Å². The van der Waals surface area contributed by atoms with E-state index in [1.54, 1.807) is 31.7 Å². The summed E-state index contributed by atoms with van der Waals surface area (Å²) in [6.07, 6.45) is 0.403. The maximum absolute atomic E-state index is 14.4. The van der Waals surface area contributed by atoms with E-state index in [0.717, 1.165) is 5.75 Å². The first-order valence-electron chi connectivity index (χ1n) is 10.7. The monoisotopic (exact) mass is 495 g/mol. The number of allylic oxidation sites excluding steroid dienone is 3. The van der Waals surface area contributed by atoms with Crippen LogP contribution in [0.2, 0.25) is 5.02 Å². The molecule has 1 aromatic carbocycles. The van der Waals surface area contributed by atoms with E-state index in [1.807, 2.05) is 6.92 Å². The summed E-state index contributed by atoms with van der Waals surface area (Å²) >= 11 is 7.52. The van der Waals surface area contributed by atoms with Gasteiger partial charge in [-0.3, -0.25) is 9.59 Å². The first kappa shape index (κ1) is 25.3. The molecule has 1 N–H and O–H groups in total. The lowest BCUT2D eigenvalue weighted by Crippen LogP contribution is -2.43. The fraction of sp³-hybridized carbons (Fsp3) is 0.458. The Morgan fingerprint density at radius 1 is 1.33 bits per heavy atom. The van der Waals surface area contributed by atoms with Crippen molar-refractivity contribution in [1.29, 1.82) is 0 Å². The van der Waals surface area contributed by atoms with Crippen LogP contribution in [0.3, 0.4) is 0 Å². The van der Waals surface area contributed by atoms with Crippen molar-refractivity contribution >= 4 is 41.1 Å². The molecule has 0 amide bonds. The van der Waals surface area contributed by atoms with Crippen LogP contribution in [0.1, 0.15) is 38.7 Å². The van der Waals surface area contributed by atoms with E-state index in [-0.39, 0.29) is 28.7 Å². The van der Waals surface area contributed by atoms with Crippen LogP contribution in [-0.2, 0) is 23.9 Å². The van der Waals surface area contributed by atoms with Gasteiger partial charge in [0.05, 0.1) is 17.7 Å². The van der Waals surface area contributed by atoms with Gasteiger partial charge in [0.1, 0.15) is 18.3 Å². The summed E-state index contributed by atoms with van der Waals surface area (Å²) < 4.78 is 24.8. The number of ether oxygens (including phenoxy) is 2. The minimum atomic E-state index is -1.01. The minimum absolute atomic E-state index is 0.0701. The van der Waals surface area contributed by atoms with E-state index in [9.17, 15) is 18.8 Å². The number of carbonyl (C=O) groups is 3. The van der Waals surface area contributed by atoms with Crippen molar-refractivity contribution < 1.29 is 28.2 Å². The number of halogens is 2. The van der Waals surface area contributed by atoms with Crippen LogP contribution >= 0.6 is 23.4 Å². The van der Waals surface area contributed by atoms with E-state index in [0.29, 0.717) is 29.1 Å². The molecule has 0 saturated heterocycles. The Bertz CT molecular complexity index is 1040. The van der Waals surface area contributed by atoms with Crippen molar-refractivity contribution in [3.05, 3.63) is 57.1 Å². The highest BCUT2D eigenvalue weighted by molar-refractivity contribution is 7.99. The van der Waals surface area contributed by atoms with Gasteiger partial charge in [0.2, 0.25) is 0 Å². The number of rotatable bonds is 7. The number of dihydropyridines is 1. The van der Waals surface area contributed by atoms with Gasteiger partial charge >= 0.3 is 11.9 Å². The van der Waals surface area contributed by atoms with Crippen LogP contribution in [0.4, 0.5) is 4.39 Å². The molecular weight excluding hydrogens is 469 g/mol. The summed E-state index contributed by atoms with van der Waals surface area (Å²) in [7, 11) is 1.23. The minimum Gasteiger partial charge on any atom is -0.468 e. The molecular formula is C24H27ClFNO5S. The molecule has 2 aliphatic rings. The van der Waals surface area contributed by atoms with Crippen molar-refractivity contribution in [2.24, 2.45) is 11.8 Å². The van der Waals surface area contributed by atoms with Crippen molar-refractivity contribution in [3.8, 4) is 0 Å². The Kier molecular flexibility index (Phi) is 8.23. The number of carbonyl (C=O) groups excluding carboxylic acids is 3. The number of hydrogen-bond acceptors (Lipinski definition) is 7. The number of thioether (sulfide) groups is 1. The molecule has 3 atom stereocenters. The normalized spacial score (nSPS) is 22.6. The molecule has 1 aliphatic carbocycles. The van der Waals surface area contributed by atoms with E-state index < -0.39 is 35.4 Å². The molecule has 0 saturated carbocycles. The lowest BCUT2D eigenvalue weighted by Gasteiger charge is -2.38. The molecule has 3 rings (SSSR count). The average molecular weight is 496 g/mol. The Balaban J connectivity index is 2.10. The third kappa shape index (κ3) is 5.11. The van der Waals surface area contributed by atoms with Crippen molar-refractivity contribution in [1.82, 2.24) is 5.32 Å². The molecule has 0 radical (unpaired) electrons. The van der Waals surface area contributed by atoms with Crippen LogP contribution in [0.15, 0.2) is 40.7 Å². The smallest absolute Gasteiger partial charge is 0.336 e. The van der Waals surface area contributed by atoms with E-state index in [4.69, 9.17) is 21.1 Å². The SMILES string of the molecule is CCSCCOC(=O)C1=C(C)NC2=C(C(=O)[C@@H](C(=O)OC)[C@@H](C)C2)[C@@H]1c1ccc(Cl)c(F)c1. The van der Waals surface area contributed by atoms with Crippen LogP contribution < -0.4 is 5.32 Å². The topological polar surface area (TPSA) is 81.7 Å². The molecule has 0 aromatic heterocycles. The maximum atomic E-state index is 14.4. The summed E-state index contributed by atoms with van der Waals surface area (Å²) in [6, 6.07) is 4.19. The lowest BCUT2D eigenvalue weighted by atomic mass is 9.69. The molecule has 0 spiro atoms. The summed E-state index contributed by atoms with van der Waals surface area (Å²) in [5.74, 6) is -3.01. The van der Waals surface area contributed by atoms with E-state index >= 15 is 0 Å². The number of benzene rings is 1. The second-order valence-electron chi connectivity index (χ2n) is 8.04. The van der Waals surface area contributed by atoms with E-state index in [2.05, 4.69) is 5.32 Å². The van der Waals surface area contributed by atoms with Crippen LogP contribution in [0.5, 0.6) is 0 Å². The van der Waals surface area contributed by atoms with Gasteiger partial charge in [-0.25, -0.2) is 9.18 Å². The number of nitrogens with one attached hydrogen (secondary N) is 1. The highest BCUT2D eigenvalue weighted by Crippen LogP contribution is 2.45. The average Bonchev–Trinajstić information content (AvgIpc) is 2.77. The summed E-state index contributed by atoms with van der Waals surface area (Å²) in [4.78, 5) is 39.2. The molecule has 1 aromatic rings. The largest absolute Gasteiger partial charge is 0.468 e. The summed E-state index contributed by atoms with van der Waals surface area (Å²) in [6.45, 7) is 5.74. The van der Waals surface area contributed by atoms with Crippen LogP contribution in [0, 0.1) is 17.7 Å². The fourth-order valence-corrected chi connectivity index (χ4v) is 5.00. The zero-order valence-corrected chi connectivity index (χ0v) is 20.6. The second kappa shape index (κ2) is 10.7. The van der Waals surface area contributed by atoms with E-state index in [1.165, 1.54) is 19.2 Å². The predicted molar refractivity (Wildman–Crippen MR) is 125 cm³/mol. The number of esters is 2. The Morgan fingerprint density at radius 3 is 2.70 bits per heavy atom. The molecule has 178 valence electrons. The zero-order chi connectivity index (χ0) is 24.3. The van der Waals surface area contributed by atoms with Gasteiger partial charge in [-0.15, -0.1) is 0 Å². The number of Topliss-reactive ketones (excluding diaryl/α,β-unsaturated/α-hetero) is 1. The fourth-order valence-electron chi connectivity index (χ4n) is 4.39. The first-order chi connectivity index (χ1) is 15.7. The standard InChI is InChI=1S/C24H27ClFNO5S/c1-5-33-9-8-32-24(30)19-13(3)27-17-10-12(2)18(23(29)31-4)22(28)21(17)20(19)14-6-7-15(25)16(26)11-14/h6-7,11-12,18,20,27H,5,8-10H2,1-4H3/t12-,18-,20+/m0/s1. The molecule has 33 heavy (non-hydrogen) atoms. The molecule has 0 bridgehead atoms. The van der Waals surface area contributed by atoms with Gasteiger partial charge in [-0.1, -0.05) is 31.5 Å². The Labute approximate surface area is 201 Å². The van der Waals surface area contributed by atoms with Crippen LogP contribution in [-0.4, -0.2) is 42.9 Å². The summed E-state index contributed by atoms with van der Waals surface area (Å²) in [5, 5.41) is 3.11. The quantitative estimate of drug-likeness (QED) is 0.341. The van der Waals surface area contributed by atoms with Crippen molar-refractivity contribution in [3.63, 3.8) is 0 Å². The van der Waals surface area contributed by atoms with Crippen molar-refractivity contribution in [2.75, 3.05) is 25.2 Å². The van der Waals surface area contributed by atoms with Gasteiger partial charge in [-0.2, -0.15) is 11.8 Å². The highest BCUT2D eigenvalue weighted by atomic mass is 35.5. The third-order valence-electron chi connectivity index (χ3n) is 5.90. The van der Waals surface area contributed by atoms with Gasteiger partial charge in [0.15, 0.2) is 5.78 Å². The molecule has 0 unspecified atom stereocenters. The predicted octanol–water partition coefficient (Wildman–Crippen LogP) is 4.39. The zero-order valence-electron chi connectivity index (χ0n) is 19.0. The molecule has 0 fully saturated rings. The Hall–Kier alpha value is -2.32. The number of ketones is 1. The maximum Gasteiger partial charge on any atom is 0.336 e. The van der Waals surface area contributed by atoms with Crippen molar-refractivity contribution in [2.45, 2.75) is 33.1 Å². The van der Waals surface area contributed by atoms with Gasteiger partial charge in [0.25, 0.3) is 0 Å². The summed E-state index contributed by atoms with van der Waals surface area (Å²) in [5.41, 5.74) is 1.99. The number of methoxy groups -OCH3 is 1. The first-order valence-corrected chi connectivity index (χ1v) is 12.3. The Morgan fingerprint density at radius 2 is 2.06 bits per heavy atom. The molecule has 1 heterocycles. The molecule has 9 heteroatoms. The molecule has 1 aliphatic heterocycles. The second-order valence-corrected chi connectivity index (χ2v) is 9.84. The third-order valence-corrected chi connectivity index (χ3v) is 7.08. The molecule has 6 nitrogen and oxygen atoms in total.